The lowest BCUT2D eigenvalue weighted by Crippen LogP contribution is -2.00. The molecular formula is C12H8N2O6S2. The summed E-state index contributed by atoms with van der Waals surface area (Å²) in [6.45, 7) is 0. The average molecular weight is 340 g/mol. The predicted molar refractivity (Wildman–Crippen MR) is 76.7 cm³/mol. The van der Waals surface area contributed by atoms with Crippen LogP contribution in [0.25, 0.3) is 21.8 Å². The summed E-state index contributed by atoms with van der Waals surface area (Å²) in [4.78, 5) is -0.633. The molecule has 0 saturated carbocycles. The molecule has 0 spiro atoms. The number of benzene rings is 2. The van der Waals surface area contributed by atoms with Crippen molar-refractivity contribution in [3.63, 3.8) is 0 Å². The first-order valence-corrected chi connectivity index (χ1v) is 8.69. The van der Waals surface area contributed by atoms with Gasteiger partial charge in [0.15, 0.2) is 0 Å². The molecule has 0 unspecified atom stereocenters. The molecule has 2 aromatic carbocycles. The fourth-order valence-electron chi connectivity index (χ4n) is 2.07. The van der Waals surface area contributed by atoms with E-state index in [4.69, 9.17) is 9.11 Å². The zero-order valence-corrected chi connectivity index (χ0v) is 12.3. The van der Waals surface area contributed by atoms with Crippen molar-refractivity contribution in [1.82, 2.24) is 10.2 Å². The van der Waals surface area contributed by atoms with Crippen molar-refractivity contribution in [2.45, 2.75) is 9.79 Å². The molecule has 1 heterocycles. The predicted octanol–water partition coefficient (Wildman–Crippen LogP) is 1.28. The molecule has 0 aliphatic carbocycles. The molecule has 0 aliphatic heterocycles. The molecule has 0 atom stereocenters. The van der Waals surface area contributed by atoms with Crippen LogP contribution >= 0.6 is 0 Å². The largest absolute Gasteiger partial charge is 0.294 e. The molecule has 114 valence electrons. The Morgan fingerprint density at radius 1 is 0.682 bits per heavy atom. The second-order valence-corrected chi connectivity index (χ2v) is 7.35. The minimum atomic E-state index is -4.35. The second kappa shape index (κ2) is 4.68. The van der Waals surface area contributed by atoms with Crippen molar-refractivity contribution in [2.75, 3.05) is 0 Å². The van der Waals surface area contributed by atoms with Gasteiger partial charge < -0.3 is 0 Å². The second-order valence-electron chi connectivity index (χ2n) is 4.51. The van der Waals surface area contributed by atoms with Crippen LogP contribution in [-0.4, -0.2) is 36.1 Å². The van der Waals surface area contributed by atoms with Crippen LogP contribution in [0.4, 0.5) is 0 Å². The fraction of sp³-hybridized carbons (Fsp3) is 0. The standard InChI is InChI=1S/C12H8N2O6S2/c15-21(16,17)7-1-3-9-10-4-2-8(22(18,19)20)6-12(10)14-13-11(9)5-7/h1-6H,(H,15,16,17)(H,18,19,20). The summed E-state index contributed by atoms with van der Waals surface area (Å²) >= 11 is 0. The summed E-state index contributed by atoms with van der Waals surface area (Å²) in [5.41, 5.74) is 0.449. The molecule has 0 radical (unpaired) electrons. The van der Waals surface area contributed by atoms with Crippen LogP contribution in [0.3, 0.4) is 0 Å². The third kappa shape index (κ3) is 2.52. The van der Waals surface area contributed by atoms with Crippen LogP contribution in [0, 0.1) is 0 Å². The van der Waals surface area contributed by atoms with E-state index < -0.39 is 20.2 Å². The Balaban J connectivity index is 2.33. The highest BCUT2D eigenvalue weighted by Gasteiger charge is 2.14. The van der Waals surface area contributed by atoms with Gasteiger partial charge in [-0.3, -0.25) is 9.11 Å². The van der Waals surface area contributed by atoms with Crippen molar-refractivity contribution in [3.8, 4) is 0 Å². The third-order valence-corrected chi connectivity index (χ3v) is 4.79. The Labute approximate surface area is 124 Å². The lowest BCUT2D eigenvalue weighted by Gasteiger charge is -2.05. The first-order valence-electron chi connectivity index (χ1n) is 5.81. The van der Waals surface area contributed by atoms with Crippen molar-refractivity contribution in [2.24, 2.45) is 0 Å². The number of hydrogen-bond acceptors (Lipinski definition) is 6. The van der Waals surface area contributed by atoms with Gasteiger partial charge in [0.1, 0.15) is 0 Å². The summed E-state index contributed by atoms with van der Waals surface area (Å²) in [6.07, 6.45) is 0. The average Bonchev–Trinajstić information content (AvgIpc) is 2.44. The molecule has 8 nitrogen and oxygen atoms in total. The Kier molecular flexibility index (Phi) is 3.14. The highest BCUT2D eigenvalue weighted by molar-refractivity contribution is 7.86. The van der Waals surface area contributed by atoms with Crippen molar-refractivity contribution >= 4 is 42.0 Å². The maximum absolute atomic E-state index is 11.1. The molecule has 0 aliphatic rings. The molecule has 0 saturated heterocycles. The quantitative estimate of drug-likeness (QED) is 0.526. The molecule has 10 heteroatoms. The van der Waals surface area contributed by atoms with E-state index in [-0.39, 0.29) is 20.8 Å². The molecule has 3 aromatic rings. The van der Waals surface area contributed by atoms with Crippen molar-refractivity contribution in [3.05, 3.63) is 36.4 Å². The smallest absolute Gasteiger partial charge is 0.282 e. The lowest BCUT2D eigenvalue weighted by atomic mass is 10.1. The summed E-state index contributed by atoms with van der Waals surface area (Å²) in [7, 11) is -8.71. The zero-order valence-electron chi connectivity index (χ0n) is 10.7. The van der Waals surface area contributed by atoms with E-state index in [2.05, 4.69) is 10.2 Å². The third-order valence-electron chi connectivity index (χ3n) is 3.09. The molecule has 0 bridgehead atoms. The van der Waals surface area contributed by atoms with E-state index in [0.29, 0.717) is 10.8 Å². The van der Waals surface area contributed by atoms with Crippen molar-refractivity contribution < 1.29 is 25.9 Å². The minimum Gasteiger partial charge on any atom is -0.282 e. The Bertz CT molecular complexity index is 1030. The maximum Gasteiger partial charge on any atom is 0.294 e. The van der Waals surface area contributed by atoms with E-state index in [1.165, 1.54) is 24.3 Å². The van der Waals surface area contributed by atoms with Crippen LogP contribution in [0.1, 0.15) is 0 Å². The monoisotopic (exact) mass is 340 g/mol. The fourth-order valence-corrected chi connectivity index (χ4v) is 3.07. The Morgan fingerprint density at radius 2 is 1.05 bits per heavy atom. The molecular weight excluding hydrogens is 332 g/mol. The van der Waals surface area contributed by atoms with Gasteiger partial charge in [-0.1, -0.05) is 12.1 Å². The van der Waals surface area contributed by atoms with Gasteiger partial charge in [-0.2, -0.15) is 16.8 Å². The molecule has 0 amide bonds. The maximum atomic E-state index is 11.1. The molecule has 3 rings (SSSR count). The van der Waals surface area contributed by atoms with E-state index >= 15 is 0 Å². The van der Waals surface area contributed by atoms with Gasteiger partial charge in [-0.15, -0.1) is 10.2 Å². The molecule has 0 fully saturated rings. The van der Waals surface area contributed by atoms with E-state index in [0.717, 1.165) is 12.1 Å². The highest BCUT2D eigenvalue weighted by Crippen LogP contribution is 2.26. The van der Waals surface area contributed by atoms with Gasteiger partial charge in [0, 0.05) is 10.8 Å². The van der Waals surface area contributed by atoms with Crippen LogP contribution in [0.2, 0.25) is 0 Å². The van der Waals surface area contributed by atoms with Gasteiger partial charge in [-0.25, -0.2) is 0 Å². The highest BCUT2D eigenvalue weighted by atomic mass is 32.2. The number of hydrogen-bond donors (Lipinski definition) is 2. The molecule has 2 N–H and O–H groups in total. The number of fused-ring (bicyclic) bond motifs is 3. The normalized spacial score (nSPS) is 12.8. The molecule has 22 heavy (non-hydrogen) atoms. The van der Waals surface area contributed by atoms with Gasteiger partial charge in [0.2, 0.25) is 0 Å². The lowest BCUT2D eigenvalue weighted by molar-refractivity contribution is 0.481. The first kappa shape index (κ1) is 14.8. The number of nitrogens with zero attached hydrogens (tertiary/aromatic N) is 2. The SMILES string of the molecule is O=S(=O)(O)c1ccc2c(c1)nnc1cc(S(=O)(=O)O)ccc12. The van der Waals surface area contributed by atoms with Gasteiger partial charge in [0.25, 0.3) is 20.2 Å². The van der Waals surface area contributed by atoms with Crippen LogP contribution in [-0.2, 0) is 20.2 Å². The number of aromatic nitrogens is 2. The van der Waals surface area contributed by atoms with Gasteiger partial charge in [0.05, 0.1) is 20.8 Å². The Morgan fingerprint density at radius 3 is 1.36 bits per heavy atom. The van der Waals surface area contributed by atoms with Crippen LogP contribution < -0.4 is 0 Å². The first-order chi connectivity index (χ1) is 10.2. The molecule has 1 aromatic heterocycles. The van der Waals surface area contributed by atoms with Crippen molar-refractivity contribution in [1.29, 1.82) is 0 Å². The number of rotatable bonds is 2. The summed E-state index contributed by atoms with van der Waals surface area (Å²) < 4.78 is 62.5. The summed E-state index contributed by atoms with van der Waals surface area (Å²) in [5.74, 6) is 0. The minimum absolute atomic E-state index is 0.224. The topological polar surface area (TPSA) is 135 Å². The van der Waals surface area contributed by atoms with Crippen LogP contribution in [0.15, 0.2) is 46.2 Å². The summed E-state index contributed by atoms with van der Waals surface area (Å²) in [5, 5.41) is 8.66. The summed E-state index contributed by atoms with van der Waals surface area (Å²) in [6, 6.07) is 7.59. The van der Waals surface area contributed by atoms with Crippen LogP contribution in [0.5, 0.6) is 0 Å². The zero-order chi connectivity index (χ0) is 16.1. The van der Waals surface area contributed by atoms with E-state index in [1.807, 2.05) is 0 Å². The van der Waals surface area contributed by atoms with Gasteiger partial charge in [-0.05, 0) is 24.3 Å². The van der Waals surface area contributed by atoms with Gasteiger partial charge >= 0.3 is 0 Å². The Hall–Kier alpha value is -2.14. The van der Waals surface area contributed by atoms with E-state index in [1.54, 1.807) is 0 Å². The van der Waals surface area contributed by atoms with E-state index in [9.17, 15) is 16.8 Å².